The number of benzene rings is 3. The second kappa shape index (κ2) is 8.37. The Morgan fingerprint density at radius 1 is 1.03 bits per heavy atom. The molecule has 7 nitrogen and oxygen atoms in total. The third-order valence-electron chi connectivity index (χ3n) is 4.55. The van der Waals surface area contributed by atoms with E-state index in [0.717, 1.165) is 10.3 Å². The number of carbonyl (C=O) groups excluding carboxylic acids is 1. The summed E-state index contributed by atoms with van der Waals surface area (Å²) in [5.41, 5.74) is 2.59. The number of hydrogen-bond acceptors (Lipinski definition) is 6. The number of hydrogen-bond donors (Lipinski definition) is 2. The number of nitrogens with one attached hydrogen (secondary N) is 2. The Morgan fingerprint density at radius 3 is 2.52 bits per heavy atom. The molecule has 0 spiro atoms. The highest BCUT2D eigenvalue weighted by molar-refractivity contribution is 7.93. The Kier molecular flexibility index (Phi) is 5.62. The van der Waals surface area contributed by atoms with Crippen molar-refractivity contribution in [2.45, 2.75) is 11.8 Å². The molecule has 0 bridgehead atoms. The lowest BCUT2D eigenvalue weighted by molar-refractivity contribution is 0.102. The van der Waals surface area contributed by atoms with Crippen LogP contribution >= 0.6 is 11.3 Å². The van der Waals surface area contributed by atoms with Crippen LogP contribution in [0.5, 0.6) is 5.75 Å². The Labute approximate surface area is 183 Å². The Balaban J connectivity index is 1.56. The minimum atomic E-state index is -3.74. The minimum absolute atomic E-state index is 0.169. The van der Waals surface area contributed by atoms with E-state index in [1.165, 1.54) is 18.4 Å². The van der Waals surface area contributed by atoms with Crippen LogP contribution in [-0.4, -0.2) is 26.4 Å². The molecule has 1 aromatic heterocycles. The first-order valence-electron chi connectivity index (χ1n) is 9.30. The Hall–Kier alpha value is -3.43. The van der Waals surface area contributed by atoms with Crippen molar-refractivity contribution in [2.24, 2.45) is 0 Å². The van der Waals surface area contributed by atoms with Gasteiger partial charge < -0.3 is 10.1 Å². The summed E-state index contributed by atoms with van der Waals surface area (Å²) in [7, 11) is -2.23. The van der Waals surface area contributed by atoms with Gasteiger partial charge >= 0.3 is 0 Å². The van der Waals surface area contributed by atoms with Crippen molar-refractivity contribution >= 4 is 48.3 Å². The lowest BCUT2D eigenvalue weighted by Gasteiger charge is -2.09. The standard InChI is InChI=1S/C22H19N3O4S2/c1-14-7-10-16(11-8-14)31(27,28)25-22-24-18-12-9-15(13-20(18)30-22)23-21(26)17-5-3-4-6-19(17)29-2/h3-13H,1-2H3,(H,23,26)(H,24,25). The van der Waals surface area contributed by atoms with Gasteiger partial charge in [-0.25, -0.2) is 13.4 Å². The smallest absolute Gasteiger partial charge is 0.263 e. The van der Waals surface area contributed by atoms with Gasteiger partial charge in [0.1, 0.15) is 5.75 Å². The Bertz CT molecular complexity index is 1360. The van der Waals surface area contributed by atoms with E-state index in [9.17, 15) is 13.2 Å². The number of thiazole rings is 1. The lowest BCUT2D eigenvalue weighted by atomic mass is 10.2. The van der Waals surface area contributed by atoms with E-state index in [-0.39, 0.29) is 15.9 Å². The van der Waals surface area contributed by atoms with E-state index in [1.54, 1.807) is 66.7 Å². The minimum Gasteiger partial charge on any atom is -0.496 e. The third kappa shape index (κ3) is 4.52. The molecule has 9 heteroatoms. The first-order valence-corrected chi connectivity index (χ1v) is 11.6. The van der Waals surface area contributed by atoms with Gasteiger partial charge in [-0.05, 0) is 49.4 Å². The molecule has 158 valence electrons. The number of amides is 1. The fourth-order valence-corrected chi connectivity index (χ4v) is 5.11. The molecule has 0 radical (unpaired) electrons. The monoisotopic (exact) mass is 453 g/mol. The number of anilines is 2. The van der Waals surface area contributed by atoms with Crippen molar-refractivity contribution in [3.8, 4) is 5.75 Å². The summed E-state index contributed by atoms with van der Waals surface area (Å²) < 4.78 is 33.7. The van der Waals surface area contributed by atoms with Crippen LogP contribution in [0.3, 0.4) is 0 Å². The molecule has 1 heterocycles. The van der Waals surface area contributed by atoms with Crippen molar-refractivity contribution in [1.29, 1.82) is 0 Å². The highest BCUT2D eigenvalue weighted by Gasteiger charge is 2.17. The van der Waals surface area contributed by atoms with Crippen molar-refractivity contribution in [3.63, 3.8) is 0 Å². The van der Waals surface area contributed by atoms with Gasteiger partial charge in [-0.3, -0.25) is 9.52 Å². The summed E-state index contributed by atoms with van der Waals surface area (Å²) in [5, 5.41) is 3.09. The molecule has 4 aromatic rings. The fraction of sp³-hybridized carbons (Fsp3) is 0.0909. The van der Waals surface area contributed by atoms with Gasteiger partial charge in [0, 0.05) is 5.69 Å². The van der Waals surface area contributed by atoms with Crippen LogP contribution in [0.1, 0.15) is 15.9 Å². The first-order chi connectivity index (χ1) is 14.9. The number of sulfonamides is 1. The molecular weight excluding hydrogens is 434 g/mol. The summed E-state index contributed by atoms with van der Waals surface area (Å²) in [6, 6.07) is 18.7. The average molecular weight is 454 g/mol. The molecule has 0 saturated carbocycles. The van der Waals surface area contributed by atoms with Gasteiger partial charge in [0.25, 0.3) is 15.9 Å². The maximum absolute atomic E-state index is 12.6. The fourth-order valence-electron chi connectivity index (χ4n) is 2.97. The van der Waals surface area contributed by atoms with Crippen molar-refractivity contribution < 1.29 is 17.9 Å². The molecule has 3 aromatic carbocycles. The SMILES string of the molecule is COc1ccccc1C(=O)Nc1ccc2nc(NS(=O)(=O)c3ccc(C)cc3)sc2c1. The molecule has 0 aliphatic heterocycles. The third-order valence-corrected chi connectivity index (χ3v) is 6.97. The van der Waals surface area contributed by atoms with E-state index in [4.69, 9.17) is 4.74 Å². The maximum atomic E-state index is 12.6. The quantitative estimate of drug-likeness (QED) is 0.442. The molecule has 1 amide bonds. The number of fused-ring (bicyclic) bond motifs is 1. The van der Waals surface area contributed by atoms with Crippen LogP contribution in [0.15, 0.2) is 71.6 Å². The van der Waals surface area contributed by atoms with Crippen LogP contribution in [-0.2, 0) is 10.0 Å². The zero-order chi connectivity index (χ0) is 22.0. The Morgan fingerprint density at radius 2 is 1.77 bits per heavy atom. The highest BCUT2D eigenvalue weighted by atomic mass is 32.2. The second-order valence-corrected chi connectivity index (χ2v) is 9.49. The van der Waals surface area contributed by atoms with Crippen LogP contribution in [0.25, 0.3) is 10.2 Å². The zero-order valence-corrected chi connectivity index (χ0v) is 18.4. The molecule has 0 saturated heterocycles. The van der Waals surface area contributed by atoms with E-state index in [0.29, 0.717) is 22.5 Å². The molecule has 31 heavy (non-hydrogen) atoms. The summed E-state index contributed by atoms with van der Waals surface area (Å²) in [6.45, 7) is 1.89. The van der Waals surface area contributed by atoms with Crippen LogP contribution in [0.4, 0.5) is 10.8 Å². The normalized spacial score (nSPS) is 11.3. The predicted octanol–water partition coefficient (Wildman–Crippen LogP) is 4.67. The van der Waals surface area contributed by atoms with E-state index in [1.807, 2.05) is 6.92 Å². The van der Waals surface area contributed by atoms with Crippen LogP contribution in [0.2, 0.25) is 0 Å². The van der Waals surface area contributed by atoms with Gasteiger partial charge in [0.2, 0.25) is 0 Å². The number of rotatable bonds is 6. The first kappa shape index (κ1) is 20.8. The number of ether oxygens (including phenoxy) is 1. The van der Waals surface area contributed by atoms with Gasteiger partial charge in [-0.15, -0.1) is 0 Å². The van der Waals surface area contributed by atoms with Gasteiger partial charge in [0.15, 0.2) is 5.13 Å². The van der Waals surface area contributed by atoms with Gasteiger partial charge in [0.05, 0.1) is 27.8 Å². The van der Waals surface area contributed by atoms with E-state index < -0.39 is 10.0 Å². The van der Waals surface area contributed by atoms with E-state index in [2.05, 4.69) is 15.0 Å². The summed E-state index contributed by atoms with van der Waals surface area (Å²) >= 11 is 1.19. The van der Waals surface area contributed by atoms with E-state index >= 15 is 0 Å². The van der Waals surface area contributed by atoms with Crippen molar-refractivity contribution in [1.82, 2.24) is 4.98 Å². The summed E-state index contributed by atoms with van der Waals surface area (Å²) in [5.74, 6) is 0.174. The number of carbonyl (C=O) groups is 1. The molecule has 0 atom stereocenters. The molecule has 0 aliphatic carbocycles. The summed E-state index contributed by atoms with van der Waals surface area (Å²) in [4.78, 5) is 17.1. The van der Waals surface area contributed by atoms with Crippen molar-refractivity contribution in [2.75, 3.05) is 17.1 Å². The molecule has 0 aliphatic rings. The van der Waals surface area contributed by atoms with Crippen LogP contribution in [0, 0.1) is 6.92 Å². The second-order valence-electron chi connectivity index (χ2n) is 6.77. The number of para-hydroxylation sites is 1. The highest BCUT2D eigenvalue weighted by Crippen LogP contribution is 2.30. The number of nitrogens with zero attached hydrogens (tertiary/aromatic N) is 1. The maximum Gasteiger partial charge on any atom is 0.263 e. The molecular formula is C22H19N3O4S2. The number of methoxy groups -OCH3 is 1. The van der Waals surface area contributed by atoms with Crippen LogP contribution < -0.4 is 14.8 Å². The predicted molar refractivity (Wildman–Crippen MR) is 123 cm³/mol. The number of aromatic nitrogens is 1. The molecule has 4 rings (SSSR count). The molecule has 0 unspecified atom stereocenters. The molecule has 0 fully saturated rings. The zero-order valence-electron chi connectivity index (χ0n) is 16.7. The average Bonchev–Trinajstić information content (AvgIpc) is 3.14. The van der Waals surface area contributed by atoms with Crippen molar-refractivity contribution in [3.05, 3.63) is 77.9 Å². The van der Waals surface area contributed by atoms with Gasteiger partial charge in [-0.1, -0.05) is 41.2 Å². The largest absolute Gasteiger partial charge is 0.496 e. The summed E-state index contributed by atoms with van der Waals surface area (Å²) in [6.07, 6.45) is 0. The topological polar surface area (TPSA) is 97.4 Å². The number of aryl methyl sites for hydroxylation is 1. The lowest BCUT2D eigenvalue weighted by Crippen LogP contribution is -2.12. The van der Waals surface area contributed by atoms with Gasteiger partial charge in [-0.2, -0.15) is 0 Å². The molecule has 2 N–H and O–H groups in total.